The Balaban J connectivity index is 0.00000226. The van der Waals surface area contributed by atoms with Crippen LogP contribution < -0.4 is 4.72 Å². The van der Waals surface area contributed by atoms with Crippen molar-refractivity contribution in [3.63, 3.8) is 0 Å². The number of nitrogens with one attached hydrogen (secondary N) is 1. The van der Waals surface area contributed by atoms with Crippen molar-refractivity contribution in [2.45, 2.75) is 64.5 Å². The zero-order valence-corrected chi connectivity index (χ0v) is 28.7. The van der Waals surface area contributed by atoms with Gasteiger partial charge in [0.05, 0.1) is 38.2 Å². The fourth-order valence-corrected chi connectivity index (χ4v) is 7.57. The van der Waals surface area contributed by atoms with Crippen molar-refractivity contribution in [2.24, 2.45) is 0 Å². The second kappa shape index (κ2) is 14.3. The monoisotopic (exact) mass is 666 g/mol. The summed E-state index contributed by atoms with van der Waals surface area (Å²) in [5, 5.41) is 11.0. The Kier molecular flexibility index (Phi) is 11.0. The molecule has 11 heteroatoms. The Morgan fingerprint density at radius 3 is 2.36 bits per heavy atom. The summed E-state index contributed by atoms with van der Waals surface area (Å²) in [5.74, 6) is 0.462. The van der Waals surface area contributed by atoms with Gasteiger partial charge in [0.1, 0.15) is 11.9 Å². The van der Waals surface area contributed by atoms with Crippen LogP contribution in [0.15, 0.2) is 90.0 Å². The fourth-order valence-electron chi connectivity index (χ4n) is 4.85. The van der Waals surface area contributed by atoms with Crippen LogP contribution in [0.4, 0.5) is 0 Å². The molecule has 0 aliphatic carbocycles. The SMILES string of the molecule is CC.CCCS(=O)NC(c1ccccc1Cl)c1nc2c(-c3cc(C(C)(C)O)ccn3)cccc2n1S(=O)(=O)c1ccc(C)cc1. The van der Waals surface area contributed by atoms with Gasteiger partial charge in [-0.2, -0.15) is 0 Å². The van der Waals surface area contributed by atoms with E-state index in [1.807, 2.05) is 33.8 Å². The largest absolute Gasteiger partial charge is 0.386 e. The third-order valence-electron chi connectivity index (χ3n) is 7.08. The lowest BCUT2D eigenvalue weighted by Gasteiger charge is -2.21. The molecule has 0 radical (unpaired) electrons. The first-order valence-electron chi connectivity index (χ1n) is 14.8. The molecule has 5 aromatic rings. The first-order valence-corrected chi connectivity index (χ1v) is 18.0. The van der Waals surface area contributed by atoms with Crippen molar-refractivity contribution in [2.75, 3.05) is 5.75 Å². The number of hydrogen-bond donors (Lipinski definition) is 2. The van der Waals surface area contributed by atoms with Crippen molar-refractivity contribution >= 4 is 43.6 Å². The van der Waals surface area contributed by atoms with Gasteiger partial charge in [0.15, 0.2) is 0 Å². The summed E-state index contributed by atoms with van der Waals surface area (Å²) in [6, 6.07) is 21.4. The van der Waals surface area contributed by atoms with Gasteiger partial charge in [-0.05, 0) is 74.7 Å². The van der Waals surface area contributed by atoms with Crippen molar-refractivity contribution in [3.8, 4) is 11.3 Å². The maximum atomic E-state index is 14.4. The molecule has 8 nitrogen and oxygen atoms in total. The maximum Gasteiger partial charge on any atom is 0.269 e. The molecule has 0 spiro atoms. The van der Waals surface area contributed by atoms with Gasteiger partial charge >= 0.3 is 0 Å². The van der Waals surface area contributed by atoms with Crippen LogP contribution in [0.2, 0.25) is 5.02 Å². The number of nitrogens with zero attached hydrogens (tertiary/aromatic N) is 3. The molecular weight excluding hydrogens is 628 g/mol. The molecule has 238 valence electrons. The van der Waals surface area contributed by atoms with E-state index in [1.54, 1.807) is 92.8 Å². The van der Waals surface area contributed by atoms with E-state index in [-0.39, 0.29) is 10.7 Å². The third kappa shape index (κ3) is 7.37. The van der Waals surface area contributed by atoms with E-state index < -0.39 is 32.7 Å². The fraction of sp³-hybridized carbons (Fsp3) is 0.294. The molecule has 0 fully saturated rings. The van der Waals surface area contributed by atoms with Crippen LogP contribution in [0.1, 0.15) is 69.6 Å². The number of aromatic nitrogens is 3. The standard InChI is InChI=1S/C32H33ClN4O4S2.C2H6/c1-5-19-42(39)36-30(24-9-6-7-11-26(24)33)31-35-29-25(27-20-22(17-18-34-27)32(3,4)38)10-8-12-28(29)37(31)43(40,41)23-15-13-21(2)14-16-23;1-2/h6-18,20,30,36,38H,5,19H2,1-4H3;1-2H3. The predicted octanol–water partition coefficient (Wildman–Crippen LogP) is 7.30. The van der Waals surface area contributed by atoms with Gasteiger partial charge in [0.2, 0.25) is 0 Å². The van der Waals surface area contributed by atoms with E-state index in [0.717, 1.165) is 5.56 Å². The molecular formula is C34H39ClN4O4S2. The average molecular weight is 667 g/mol. The molecule has 45 heavy (non-hydrogen) atoms. The smallest absolute Gasteiger partial charge is 0.269 e. The summed E-state index contributed by atoms with van der Waals surface area (Å²) >= 11 is 6.66. The second-order valence-corrected chi connectivity index (χ2v) is 14.4. The third-order valence-corrected chi connectivity index (χ3v) is 10.4. The Labute approximate surface area is 273 Å². The van der Waals surface area contributed by atoms with Gasteiger partial charge in [-0.1, -0.05) is 80.4 Å². The molecule has 0 saturated carbocycles. The van der Waals surface area contributed by atoms with E-state index in [0.29, 0.717) is 50.6 Å². The maximum absolute atomic E-state index is 14.4. The summed E-state index contributed by atoms with van der Waals surface area (Å²) < 4.78 is 46.4. The summed E-state index contributed by atoms with van der Waals surface area (Å²) in [5.41, 5.74) is 2.78. The van der Waals surface area contributed by atoms with Crippen molar-refractivity contribution in [1.82, 2.24) is 18.7 Å². The summed E-state index contributed by atoms with van der Waals surface area (Å²) in [4.78, 5) is 9.57. The van der Waals surface area contributed by atoms with Gasteiger partial charge in [-0.15, -0.1) is 0 Å². The van der Waals surface area contributed by atoms with Gasteiger partial charge < -0.3 is 5.11 Å². The molecule has 0 bridgehead atoms. The Morgan fingerprint density at radius 1 is 1.02 bits per heavy atom. The van der Waals surface area contributed by atoms with Crippen LogP contribution in [-0.2, 0) is 26.6 Å². The minimum absolute atomic E-state index is 0.0822. The van der Waals surface area contributed by atoms with E-state index in [4.69, 9.17) is 16.6 Å². The van der Waals surface area contributed by atoms with Gasteiger partial charge in [0, 0.05) is 22.5 Å². The van der Waals surface area contributed by atoms with Gasteiger partial charge in [-0.3, -0.25) is 4.98 Å². The highest BCUT2D eigenvalue weighted by atomic mass is 35.5. The van der Waals surface area contributed by atoms with Crippen molar-refractivity contribution in [3.05, 3.63) is 113 Å². The molecule has 2 aromatic heterocycles. The lowest BCUT2D eigenvalue weighted by atomic mass is 9.97. The minimum atomic E-state index is -4.20. The first-order chi connectivity index (χ1) is 21.4. The molecule has 2 heterocycles. The van der Waals surface area contributed by atoms with Crippen LogP contribution >= 0.6 is 11.6 Å². The predicted molar refractivity (Wildman–Crippen MR) is 183 cm³/mol. The lowest BCUT2D eigenvalue weighted by Crippen LogP contribution is -2.30. The Bertz CT molecular complexity index is 1920. The molecule has 2 atom stereocenters. The average Bonchev–Trinajstić information content (AvgIpc) is 3.42. The second-order valence-electron chi connectivity index (χ2n) is 10.8. The molecule has 3 aromatic carbocycles. The molecule has 0 saturated heterocycles. The normalized spacial score (nSPS) is 13.2. The Hall–Kier alpha value is -3.41. The van der Waals surface area contributed by atoms with E-state index in [1.165, 1.54) is 3.97 Å². The zero-order valence-electron chi connectivity index (χ0n) is 26.3. The molecule has 0 amide bonds. The molecule has 0 aliphatic rings. The number of para-hydroxylation sites is 1. The van der Waals surface area contributed by atoms with Gasteiger partial charge in [-0.25, -0.2) is 26.3 Å². The number of benzene rings is 3. The summed E-state index contributed by atoms with van der Waals surface area (Å²) in [6.45, 7) is 11.2. The summed E-state index contributed by atoms with van der Waals surface area (Å²) in [7, 11) is -5.72. The number of pyridine rings is 1. The minimum Gasteiger partial charge on any atom is -0.386 e. The Morgan fingerprint density at radius 2 is 1.71 bits per heavy atom. The highest BCUT2D eigenvalue weighted by Gasteiger charge is 2.32. The number of aryl methyl sites for hydroxylation is 1. The number of rotatable bonds is 10. The molecule has 2 unspecified atom stereocenters. The van der Waals surface area contributed by atoms with Gasteiger partial charge in [0.25, 0.3) is 10.0 Å². The van der Waals surface area contributed by atoms with Crippen LogP contribution in [0.5, 0.6) is 0 Å². The number of fused-ring (bicyclic) bond motifs is 1. The first kappa shape index (κ1) is 34.5. The summed E-state index contributed by atoms with van der Waals surface area (Å²) in [6.07, 6.45) is 2.25. The molecule has 5 rings (SSSR count). The van der Waals surface area contributed by atoms with E-state index in [2.05, 4.69) is 9.71 Å². The highest BCUT2D eigenvalue weighted by Crippen LogP contribution is 2.36. The van der Waals surface area contributed by atoms with Crippen molar-refractivity contribution < 1.29 is 17.7 Å². The van der Waals surface area contributed by atoms with E-state index in [9.17, 15) is 17.7 Å². The van der Waals surface area contributed by atoms with Crippen LogP contribution in [0, 0.1) is 6.92 Å². The van der Waals surface area contributed by atoms with Crippen LogP contribution in [-0.4, -0.2) is 37.4 Å². The molecule has 2 N–H and O–H groups in total. The van der Waals surface area contributed by atoms with Crippen LogP contribution in [0.25, 0.3) is 22.3 Å². The highest BCUT2D eigenvalue weighted by molar-refractivity contribution is 7.90. The van der Waals surface area contributed by atoms with Crippen molar-refractivity contribution in [1.29, 1.82) is 0 Å². The van der Waals surface area contributed by atoms with Crippen LogP contribution in [0.3, 0.4) is 0 Å². The zero-order chi connectivity index (χ0) is 32.9. The molecule has 0 aliphatic heterocycles. The number of imidazole rings is 1. The van der Waals surface area contributed by atoms with E-state index >= 15 is 0 Å². The number of aliphatic hydroxyl groups is 1. The number of hydrogen-bond acceptors (Lipinski definition) is 6. The quantitative estimate of drug-likeness (QED) is 0.162. The number of halogens is 1. The lowest BCUT2D eigenvalue weighted by molar-refractivity contribution is 0.0785. The topological polar surface area (TPSA) is 114 Å².